The first kappa shape index (κ1) is 20.5. The molecule has 0 radical (unpaired) electrons. The Morgan fingerprint density at radius 2 is 1.94 bits per heavy atom. The number of anilines is 1. The molecule has 9 heteroatoms. The molecule has 164 valence electrons. The number of benzene rings is 2. The topological polar surface area (TPSA) is 121 Å². The van der Waals surface area contributed by atoms with Crippen LogP contribution in [0.4, 0.5) is 5.69 Å². The fourth-order valence-electron chi connectivity index (χ4n) is 4.81. The van der Waals surface area contributed by atoms with Gasteiger partial charge < -0.3 is 9.47 Å². The van der Waals surface area contributed by atoms with Crippen molar-refractivity contribution in [3.63, 3.8) is 0 Å². The summed E-state index contributed by atoms with van der Waals surface area (Å²) in [5, 5.41) is 23.3. The number of hydrogen-bond acceptors (Lipinski definition) is 7. The first-order valence-corrected chi connectivity index (χ1v) is 10.2. The van der Waals surface area contributed by atoms with E-state index >= 15 is 0 Å². The Labute approximate surface area is 189 Å². The number of methoxy groups -OCH3 is 1. The highest BCUT2D eigenvalue weighted by Crippen LogP contribution is 2.56. The second-order valence-corrected chi connectivity index (χ2v) is 7.83. The predicted molar refractivity (Wildman–Crippen MR) is 117 cm³/mol. The molecule has 0 fully saturated rings. The summed E-state index contributed by atoms with van der Waals surface area (Å²) in [4.78, 5) is 27.6. The van der Waals surface area contributed by atoms with E-state index in [2.05, 4.69) is 11.2 Å². The largest absolute Gasteiger partial charge is 0.468 e. The van der Waals surface area contributed by atoms with Crippen molar-refractivity contribution in [1.82, 2.24) is 9.78 Å². The molecule has 1 spiro atoms. The average molecular weight is 441 g/mol. The van der Waals surface area contributed by atoms with Gasteiger partial charge in [0.2, 0.25) is 17.7 Å². The van der Waals surface area contributed by atoms with Crippen molar-refractivity contribution in [3.8, 4) is 17.6 Å². The van der Waals surface area contributed by atoms with E-state index in [0.717, 1.165) is 0 Å². The molecule has 3 heterocycles. The summed E-state index contributed by atoms with van der Waals surface area (Å²) in [7, 11) is 1.25. The maximum absolute atomic E-state index is 14.1. The number of rotatable bonds is 3. The fourth-order valence-corrected chi connectivity index (χ4v) is 4.81. The summed E-state index contributed by atoms with van der Waals surface area (Å²) in [5.41, 5.74) is 1.02. The SMILES string of the molecule is COC(=O)CN1C(=O)C2(c3ccccc31)c1c(C)nn(-c3ccccc3)c1OC(=N)C2C#N. The molecule has 2 aliphatic rings. The molecule has 1 amide bonds. The number of esters is 1. The lowest BCUT2D eigenvalue weighted by atomic mass is 9.65. The van der Waals surface area contributed by atoms with Crippen molar-refractivity contribution in [2.75, 3.05) is 18.6 Å². The number of nitrogens with zero attached hydrogens (tertiary/aromatic N) is 4. The molecule has 2 unspecified atom stereocenters. The lowest BCUT2D eigenvalue weighted by Gasteiger charge is -2.36. The molecule has 3 aromatic rings. The van der Waals surface area contributed by atoms with Crippen LogP contribution in [0.25, 0.3) is 5.69 Å². The van der Waals surface area contributed by atoms with Crippen LogP contribution in [0.15, 0.2) is 54.6 Å². The van der Waals surface area contributed by atoms with E-state index in [-0.39, 0.29) is 18.3 Å². The van der Waals surface area contributed by atoms with Crippen molar-refractivity contribution in [2.45, 2.75) is 12.3 Å². The smallest absolute Gasteiger partial charge is 0.325 e. The van der Waals surface area contributed by atoms with Gasteiger partial charge >= 0.3 is 5.97 Å². The molecule has 9 nitrogen and oxygen atoms in total. The lowest BCUT2D eigenvalue weighted by molar-refractivity contribution is -0.140. The van der Waals surface area contributed by atoms with Crippen LogP contribution in [-0.4, -0.2) is 41.2 Å². The van der Waals surface area contributed by atoms with Gasteiger partial charge in [-0.2, -0.15) is 10.4 Å². The minimum atomic E-state index is -1.58. The summed E-state index contributed by atoms with van der Waals surface area (Å²) in [6.07, 6.45) is 0. The molecular formula is C24H19N5O4. The summed E-state index contributed by atoms with van der Waals surface area (Å²) >= 11 is 0. The summed E-state index contributed by atoms with van der Waals surface area (Å²) in [6, 6.07) is 18.3. The molecule has 1 N–H and O–H groups in total. The number of carbonyl (C=O) groups excluding carboxylic acids is 2. The van der Waals surface area contributed by atoms with Gasteiger partial charge in [-0.05, 0) is 30.7 Å². The Balaban J connectivity index is 1.84. The van der Waals surface area contributed by atoms with Crippen molar-refractivity contribution in [1.29, 1.82) is 10.7 Å². The number of carbonyl (C=O) groups is 2. The number of aryl methyl sites for hydroxylation is 1. The minimum absolute atomic E-state index is 0.207. The van der Waals surface area contributed by atoms with Gasteiger partial charge in [-0.15, -0.1) is 0 Å². The van der Waals surface area contributed by atoms with Crippen molar-refractivity contribution < 1.29 is 19.1 Å². The van der Waals surface area contributed by atoms with Gasteiger partial charge in [0.15, 0.2) is 0 Å². The van der Waals surface area contributed by atoms with E-state index in [0.29, 0.717) is 28.2 Å². The maximum Gasteiger partial charge on any atom is 0.325 e. The van der Waals surface area contributed by atoms with Crippen LogP contribution in [0.1, 0.15) is 16.8 Å². The van der Waals surface area contributed by atoms with E-state index in [1.165, 1.54) is 16.7 Å². The van der Waals surface area contributed by atoms with Crippen LogP contribution in [-0.2, 0) is 19.7 Å². The van der Waals surface area contributed by atoms with E-state index in [9.17, 15) is 14.9 Å². The molecule has 33 heavy (non-hydrogen) atoms. The molecule has 2 aliphatic heterocycles. The average Bonchev–Trinajstić information content (AvgIpc) is 3.28. The van der Waals surface area contributed by atoms with Crippen molar-refractivity contribution in [2.24, 2.45) is 5.92 Å². The Kier molecular flexibility index (Phi) is 4.53. The third-order valence-electron chi connectivity index (χ3n) is 6.16. The summed E-state index contributed by atoms with van der Waals surface area (Å²) < 4.78 is 12.2. The monoisotopic (exact) mass is 441 g/mol. The first-order chi connectivity index (χ1) is 15.9. The van der Waals surface area contributed by atoms with Crippen molar-refractivity contribution in [3.05, 3.63) is 71.4 Å². The zero-order valence-electron chi connectivity index (χ0n) is 17.9. The van der Waals surface area contributed by atoms with Gasteiger partial charge in [0.25, 0.3) is 0 Å². The van der Waals surface area contributed by atoms with Crippen LogP contribution >= 0.6 is 0 Å². The second-order valence-electron chi connectivity index (χ2n) is 7.83. The fraction of sp³-hybridized carbons (Fsp3) is 0.208. The number of fused-ring (bicyclic) bond motifs is 4. The highest BCUT2D eigenvalue weighted by atomic mass is 16.5. The van der Waals surface area contributed by atoms with Gasteiger partial charge in [-0.3, -0.25) is 19.9 Å². The number of nitriles is 1. The molecule has 0 aliphatic carbocycles. The summed E-state index contributed by atoms with van der Waals surface area (Å²) in [5.74, 6) is -2.48. The van der Waals surface area contributed by atoms with Crippen LogP contribution in [0.5, 0.6) is 5.88 Å². The highest BCUT2D eigenvalue weighted by molar-refractivity contribution is 6.16. The van der Waals surface area contributed by atoms with Gasteiger partial charge in [0, 0.05) is 5.69 Å². The quantitative estimate of drug-likeness (QED) is 0.624. The molecule has 1 aromatic heterocycles. The molecule has 0 bridgehead atoms. The van der Waals surface area contributed by atoms with E-state index < -0.39 is 23.2 Å². The molecule has 2 aromatic carbocycles. The number of hydrogen-bond donors (Lipinski definition) is 1. The normalized spacial score (nSPS) is 20.8. The molecular weight excluding hydrogens is 422 g/mol. The second kappa shape index (κ2) is 7.31. The zero-order valence-corrected chi connectivity index (χ0v) is 17.9. The Morgan fingerprint density at radius 1 is 1.24 bits per heavy atom. The minimum Gasteiger partial charge on any atom is -0.468 e. The van der Waals surface area contributed by atoms with Crippen LogP contribution < -0.4 is 9.64 Å². The molecule has 0 saturated heterocycles. The highest BCUT2D eigenvalue weighted by Gasteiger charge is 2.64. The number of amides is 1. The van der Waals surface area contributed by atoms with Crippen molar-refractivity contribution >= 4 is 23.5 Å². The van der Waals surface area contributed by atoms with Gasteiger partial charge in [-0.25, -0.2) is 4.68 Å². The van der Waals surface area contributed by atoms with Gasteiger partial charge in [0.05, 0.1) is 30.1 Å². The Morgan fingerprint density at radius 3 is 2.64 bits per heavy atom. The third kappa shape index (κ3) is 2.64. The zero-order chi connectivity index (χ0) is 23.3. The van der Waals surface area contributed by atoms with Gasteiger partial charge in [-0.1, -0.05) is 36.4 Å². The van der Waals surface area contributed by atoms with Crippen LogP contribution in [0, 0.1) is 29.6 Å². The Bertz CT molecular complexity index is 1360. The van der Waals surface area contributed by atoms with Crippen LogP contribution in [0.2, 0.25) is 0 Å². The molecule has 2 atom stereocenters. The number of para-hydroxylation sites is 2. The van der Waals surface area contributed by atoms with E-state index in [1.54, 1.807) is 31.2 Å². The third-order valence-corrected chi connectivity index (χ3v) is 6.16. The standard InChI is InChI=1S/C24H19N5O4/c1-14-20-22(29(27-14)15-8-4-3-5-9-15)33-21(26)17(12-25)24(20)16-10-6-7-11-18(16)28(23(24)31)13-19(30)32-2/h3-11,17,26H,13H2,1-2H3. The van der Waals surface area contributed by atoms with Crippen LogP contribution in [0.3, 0.4) is 0 Å². The summed E-state index contributed by atoms with van der Waals surface area (Å²) in [6.45, 7) is 1.42. The number of nitrogens with one attached hydrogen (secondary N) is 1. The Hall–Kier alpha value is -4.45. The number of aromatic nitrogens is 2. The predicted octanol–water partition coefficient (Wildman–Crippen LogP) is 2.50. The molecule has 5 rings (SSSR count). The molecule has 0 saturated carbocycles. The first-order valence-electron chi connectivity index (χ1n) is 10.2. The van der Waals surface area contributed by atoms with E-state index in [4.69, 9.17) is 14.9 Å². The number of ether oxygens (including phenoxy) is 2. The van der Waals surface area contributed by atoms with E-state index in [1.807, 2.05) is 30.3 Å². The van der Waals surface area contributed by atoms with Gasteiger partial charge in [0.1, 0.15) is 17.9 Å². The maximum atomic E-state index is 14.1. The lowest BCUT2D eigenvalue weighted by Crippen LogP contribution is -2.53.